The van der Waals surface area contributed by atoms with Crippen LogP contribution in [0.4, 0.5) is 14.5 Å². The predicted molar refractivity (Wildman–Crippen MR) is 152 cm³/mol. The van der Waals surface area contributed by atoms with Crippen molar-refractivity contribution in [3.8, 4) is 22.9 Å². The van der Waals surface area contributed by atoms with Gasteiger partial charge in [-0.2, -0.15) is 0 Å². The quantitative estimate of drug-likeness (QED) is 0.331. The molecule has 3 aliphatic heterocycles. The summed E-state index contributed by atoms with van der Waals surface area (Å²) in [5, 5.41) is 15.2. The van der Waals surface area contributed by atoms with Crippen LogP contribution in [-0.4, -0.2) is 71.4 Å². The van der Waals surface area contributed by atoms with Crippen molar-refractivity contribution in [1.29, 1.82) is 0 Å². The third-order valence-electron chi connectivity index (χ3n) is 8.65. The Kier molecular flexibility index (Phi) is 6.40. The van der Waals surface area contributed by atoms with Crippen molar-refractivity contribution in [2.75, 3.05) is 38.2 Å². The van der Waals surface area contributed by atoms with E-state index in [9.17, 15) is 9.50 Å². The molecule has 2 aromatic heterocycles. The first-order chi connectivity index (χ1) is 19.4. The Morgan fingerprint density at radius 3 is 2.67 bits per heavy atom. The van der Waals surface area contributed by atoms with Crippen molar-refractivity contribution in [2.45, 2.75) is 43.8 Å². The summed E-state index contributed by atoms with van der Waals surface area (Å²) in [4.78, 5) is 13.7. The number of phenols is 1. The lowest BCUT2D eigenvalue weighted by Gasteiger charge is -2.35. The van der Waals surface area contributed by atoms with Crippen molar-refractivity contribution < 1.29 is 18.6 Å². The molecule has 7 nitrogen and oxygen atoms in total. The molecule has 2 aromatic carbocycles. The van der Waals surface area contributed by atoms with E-state index in [2.05, 4.69) is 32.1 Å². The number of halogens is 3. The number of ether oxygens (including phenoxy) is 1. The Morgan fingerprint density at radius 2 is 1.93 bits per heavy atom. The number of aromatic nitrogens is 2. The van der Waals surface area contributed by atoms with Gasteiger partial charge < -0.3 is 25.0 Å². The number of fused-ring (bicyclic) bond motifs is 4. The number of hydrogen-bond acceptors (Lipinski definition) is 7. The molecule has 5 heterocycles. The van der Waals surface area contributed by atoms with Crippen molar-refractivity contribution >= 4 is 39.0 Å². The average Bonchev–Trinajstić information content (AvgIpc) is 3.52. The van der Waals surface area contributed by atoms with Crippen molar-refractivity contribution in [3.63, 3.8) is 0 Å². The zero-order valence-corrected chi connectivity index (χ0v) is 22.9. The van der Waals surface area contributed by atoms with Crippen LogP contribution < -0.4 is 15.0 Å². The molecule has 4 aromatic rings. The maximum absolute atomic E-state index is 16.5. The first-order valence-electron chi connectivity index (χ1n) is 13.8. The van der Waals surface area contributed by atoms with E-state index < -0.39 is 11.6 Å². The van der Waals surface area contributed by atoms with Gasteiger partial charge in [0.05, 0.1) is 10.7 Å². The van der Waals surface area contributed by atoms with Crippen molar-refractivity contribution in [2.24, 2.45) is 0 Å². The number of nitrogens with one attached hydrogen (secondary N) is 1. The van der Waals surface area contributed by atoms with E-state index in [1.165, 1.54) is 24.3 Å². The van der Waals surface area contributed by atoms with Gasteiger partial charge in [-0.15, -0.1) is 0 Å². The van der Waals surface area contributed by atoms with Gasteiger partial charge >= 0.3 is 0 Å². The Labute approximate surface area is 235 Å². The lowest BCUT2D eigenvalue weighted by Crippen LogP contribution is -2.51. The van der Waals surface area contributed by atoms with Gasteiger partial charge in [0, 0.05) is 59.8 Å². The number of piperazine rings is 1. The van der Waals surface area contributed by atoms with Crippen LogP contribution in [0.15, 0.2) is 36.5 Å². The summed E-state index contributed by atoms with van der Waals surface area (Å²) < 4.78 is 37.2. The highest BCUT2D eigenvalue weighted by molar-refractivity contribution is 6.37. The van der Waals surface area contributed by atoms with Crippen LogP contribution in [0, 0.1) is 11.6 Å². The van der Waals surface area contributed by atoms with Crippen LogP contribution >= 0.6 is 11.6 Å². The number of likely N-dealkylation sites (tertiary alicyclic amines) is 1. The van der Waals surface area contributed by atoms with E-state index in [1.54, 1.807) is 6.20 Å². The fourth-order valence-electron chi connectivity index (χ4n) is 6.57. The SMILES string of the molecule is CN1CCC[C@H]1COc1cc(N2CC3CCC(C2)N3)c2cnc(-c3cc(O)cc4ccc(F)c(Cl)c34)c(F)c2n1. The highest BCUT2D eigenvalue weighted by atomic mass is 35.5. The van der Waals surface area contributed by atoms with E-state index in [0.717, 1.165) is 51.0 Å². The third kappa shape index (κ3) is 4.40. The van der Waals surface area contributed by atoms with Gasteiger partial charge in [-0.05, 0) is 62.9 Å². The highest BCUT2D eigenvalue weighted by Crippen LogP contribution is 2.41. The van der Waals surface area contributed by atoms with E-state index in [1.807, 2.05) is 6.07 Å². The zero-order valence-electron chi connectivity index (χ0n) is 22.1. The normalized spacial score (nSPS) is 23.0. The minimum Gasteiger partial charge on any atom is -0.508 e. The largest absolute Gasteiger partial charge is 0.508 e. The smallest absolute Gasteiger partial charge is 0.216 e. The van der Waals surface area contributed by atoms with Crippen LogP contribution in [-0.2, 0) is 0 Å². The molecule has 3 aliphatic rings. The number of rotatable bonds is 5. The molecule has 2 N–H and O–H groups in total. The summed E-state index contributed by atoms with van der Waals surface area (Å²) in [6, 6.07) is 8.48. The molecule has 2 unspecified atom stereocenters. The molecule has 0 spiro atoms. The van der Waals surface area contributed by atoms with Crippen molar-refractivity contribution in [1.82, 2.24) is 20.2 Å². The van der Waals surface area contributed by atoms with E-state index >= 15 is 4.39 Å². The molecule has 3 saturated heterocycles. The lowest BCUT2D eigenvalue weighted by molar-refractivity contribution is 0.193. The van der Waals surface area contributed by atoms with Crippen molar-refractivity contribution in [3.05, 3.63) is 53.2 Å². The zero-order chi connectivity index (χ0) is 27.5. The second kappa shape index (κ2) is 9.98. The number of pyridine rings is 2. The monoisotopic (exact) mass is 565 g/mol. The van der Waals surface area contributed by atoms with E-state index in [0.29, 0.717) is 35.3 Å². The third-order valence-corrected chi connectivity index (χ3v) is 9.02. The first kappa shape index (κ1) is 25.7. The van der Waals surface area contributed by atoms with Crippen LogP contribution in [0.1, 0.15) is 25.7 Å². The fourth-order valence-corrected chi connectivity index (χ4v) is 6.84. The van der Waals surface area contributed by atoms with Gasteiger partial charge in [0.25, 0.3) is 0 Å². The Bertz CT molecular complexity index is 1620. The molecule has 0 aliphatic carbocycles. The molecule has 0 radical (unpaired) electrons. The van der Waals surface area contributed by atoms with Gasteiger partial charge in [0.2, 0.25) is 5.88 Å². The second-order valence-corrected chi connectivity index (χ2v) is 11.6. The Balaban J connectivity index is 1.38. The first-order valence-corrected chi connectivity index (χ1v) is 14.2. The molecule has 208 valence electrons. The van der Waals surface area contributed by atoms with Gasteiger partial charge in [-0.3, -0.25) is 4.98 Å². The predicted octanol–water partition coefficient (Wildman–Crippen LogP) is 5.50. The molecule has 40 heavy (non-hydrogen) atoms. The maximum atomic E-state index is 16.5. The topological polar surface area (TPSA) is 73.8 Å². The Morgan fingerprint density at radius 1 is 1.12 bits per heavy atom. The highest BCUT2D eigenvalue weighted by Gasteiger charge is 2.34. The van der Waals surface area contributed by atoms with Crippen LogP contribution in [0.5, 0.6) is 11.6 Å². The molecule has 10 heteroatoms. The standard InChI is InChI=1S/C30H30ClF2N5O2/c1-37-8-2-3-19(37)15-40-25-11-24(38-13-17-5-6-18(14-38)35-17)22-12-34-29(28(33)30(22)36-25)21-10-20(39)9-16-4-7-23(32)27(31)26(16)21/h4,7,9-12,17-19,35,39H,2-3,5-6,8,13-15H2,1H3/t17?,18?,19-/m0/s1. The molecular formula is C30H30ClF2N5O2. The number of aromatic hydroxyl groups is 1. The lowest BCUT2D eigenvalue weighted by atomic mass is 9.99. The summed E-state index contributed by atoms with van der Waals surface area (Å²) in [7, 11) is 2.09. The van der Waals surface area contributed by atoms with Crippen LogP contribution in [0.3, 0.4) is 0 Å². The number of benzene rings is 2. The molecule has 7 rings (SSSR count). The summed E-state index contributed by atoms with van der Waals surface area (Å²) in [6.07, 6.45) is 6.00. The van der Waals surface area contributed by atoms with E-state index in [4.69, 9.17) is 16.3 Å². The molecular weight excluding hydrogens is 536 g/mol. The number of anilines is 1. The number of likely N-dealkylation sites (N-methyl/N-ethyl adjacent to an activating group) is 1. The molecule has 2 bridgehead atoms. The van der Waals surface area contributed by atoms with Gasteiger partial charge in [-0.25, -0.2) is 13.8 Å². The summed E-state index contributed by atoms with van der Waals surface area (Å²) in [6.45, 7) is 3.09. The van der Waals surface area contributed by atoms with Crippen LogP contribution in [0.2, 0.25) is 5.02 Å². The summed E-state index contributed by atoms with van der Waals surface area (Å²) in [5.74, 6) is -1.06. The summed E-state index contributed by atoms with van der Waals surface area (Å²) >= 11 is 6.35. The van der Waals surface area contributed by atoms with Gasteiger partial charge in [0.15, 0.2) is 5.82 Å². The molecule has 0 amide bonds. The number of nitrogens with zero attached hydrogens (tertiary/aromatic N) is 4. The van der Waals surface area contributed by atoms with Gasteiger partial charge in [-0.1, -0.05) is 17.7 Å². The van der Waals surface area contributed by atoms with Crippen LogP contribution in [0.25, 0.3) is 32.9 Å². The van der Waals surface area contributed by atoms with E-state index in [-0.39, 0.29) is 39.0 Å². The molecule has 0 saturated carbocycles. The fraction of sp³-hybridized carbons (Fsp3) is 0.400. The number of hydrogen-bond donors (Lipinski definition) is 2. The summed E-state index contributed by atoms with van der Waals surface area (Å²) in [5.41, 5.74) is 1.09. The average molecular weight is 566 g/mol. The maximum Gasteiger partial charge on any atom is 0.216 e. The van der Waals surface area contributed by atoms with Gasteiger partial charge in [0.1, 0.15) is 29.4 Å². The Hall–Kier alpha value is -3.27. The molecule has 3 fully saturated rings. The minimum atomic E-state index is -0.674. The molecule has 3 atom stereocenters. The number of phenolic OH excluding ortho intramolecular Hbond substituents is 1. The minimum absolute atomic E-state index is 0.0626. The second-order valence-electron chi connectivity index (χ2n) is 11.2.